The molecule has 6 nitrogen and oxygen atoms in total. The lowest BCUT2D eigenvalue weighted by Crippen LogP contribution is -2.51. The van der Waals surface area contributed by atoms with E-state index in [9.17, 15) is 19.8 Å². The number of rotatable bonds is 4. The molecule has 4 N–H and O–H groups in total. The van der Waals surface area contributed by atoms with Crippen LogP contribution in [0, 0.1) is 17.8 Å². The van der Waals surface area contributed by atoms with Crippen LogP contribution >= 0.6 is 23.2 Å². The molecule has 2 fully saturated rings. The van der Waals surface area contributed by atoms with Gasteiger partial charge in [0.15, 0.2) is 0 Å². The number of benzene rings is 1. The highest BCUT2D eigenvalue weighted by atomic mass is 35.5. The quantitative estimate of drug-likeness (QED) is 0.768. The molecule has 0 bridgehead atoms. The molecule has 3 rings (SSSR count). The van der Waals surface area contributed by atoms with E-state index in [1.54, 1.807) is 12.1 Å². The average molecular weight is 346 g/mol. The minimum atomic E-state index is -1.59. The van der Waals surface area contributed by atoms with Crippen LogP contribution in [0.3, 0.4) is 0 Å². The second-order valence-corrected chi connectivity index (χ2v) is 6.59. The molecule has 0 heterocycles. The number of carbonyl (C=O) groups is 2. The van der Waals surface area contributed by atoms with Crippen molar-refractivity contribution in [1.82, 2.24) is 0 Å². The molecule has 8 heteroatoms. The molecule has 1 aromatic carbocycles. The number of ether oxygens (including phenoxy) is 1. The first kappa shape index (κ1) is 15.4. The maximum atomic E-state index is 11.4. The van der Waals surface area contributed by atoms with Crippen molar-refractivity contribution in [2.24, 2.45) is 23.5 Å². The third kappa shape index (κ3) is 2.22. The Labute approximate surface area is 135 Å². The Morgan fingerprint density at radius 2 is 2.00 bits per heavy atom. The summed E-state index contributed by atoms with van der Waals surface area (Å²) in [6, 6.07) is 4.65. The molecular formula is C14H13Cl2NO5. The van der Waals surface area contributed by atoms with E-state index in [4.69, 9.17) is 33.7 Å². The molecule has 0 unspecified atom stereocenters. The standard InChI is InChI=1S/C14H13Cl2NO5/c15-5-1-2-7(6(16)3-5)22-8-4-14(17,13(20)21)11-9(8)10(11)12(18)19/h1-3,8-11H,4,17H2,(H,18,19)(H,20,21)/t8-,9-,10-,11-,14-/m0/s1. The summed E-state index contributed by atoms with van der Waals surface area (Å²) in [6.45, 7) is 0. The van der Waals surface area contributed by atoms with Gasteiger partial charge in [0.25, 0.3) is 0 Å². The van der Waals surface area contributed by atoms with Crippen molar-refractivity contribution in [3.8, 4) is 5.75 Å². The highest BCUT2D eigenvalue weighted by Crippen LogP contribution is 2.62. The van der Waals surface area contributed by atoms with Crippen LogP contribution in [0.1, 0.15) is 6.42 Å². The summed E-state index contributed by atoms with van der Waals surface area (Å²) in [5.41, 5.74) is 4.34. The summed E-state index contributed by atoms with van der Waals surface area (Å²) in [5, 5.41) is 19.2. The monoisotopic (exact) mass is 345 g/mol. The van der Waals surface area contributed by atoms with Gasteiger partial charge in [-0.1, -0.05) is 23.2 Å². The summed E-state index contributed by atoms with van der Waals surface area (Å²) in [6.07, 6.45) is -0.564. The minimum Gasteiger partial charge on any atom is -0.488 e. The Balaban J connectivity index is 1.86. The molecular weight excluding hydrogens is 333 g/mol. The zero-order chi connectivity index (χ0) is 16.2. The summed E-state index contributed by atoms with van der Waals surface area (Å²) in [4.78, 5) is 22.7. The van der Waals surface area contributed by atoms with Crippen molar-refractivity contribution in [1.29, 1.82) is 0 Å². The fourth-order valence-corrected chi connectivity index (χ4v) is 3.92. The number of fused-ring (bicyclic) bond motifs is 1. The zero-order valence-corrected chi connectivity index (χ0v) is 12.7. The SMILES string of the molecule is N[C@@]1(C(=O)O)C[C@H](Oc2ccc(Cl)cc2Cl)[C@H]2[C@H](C(=O)O)[C@H]21. The molecule has 0 aromatic heterocycles. The van der Waals surface area contributed by atoms with Gasteiger partial charge in [0.1, 0.15) is 17.4 Å². The number of hydrogen-bond donors (Lipinski definition) is 3. The van der Waals surface area contributed by atoms with E-state index in [2.05, 4.69) is 0 Å². The van der Waals surface area contributed by atoms with E-state index in [0.29, 0.717) is 10.8 Å². The van der Waals surface area contributed by atoms with Gasteiger partial charge in [-0.15, -0.1) is 0 Å². The maximum Gasteiger partial charge on any atom is 0.324 e. The summed E-state index contributed by atoms with van der Waals surface area (Å²) in [7, 11) is 0. The third-order valence-electron chi connectivity index (χ3n) is 4.49. The predicted molar refractivity (Wildman–Crippen MR) is 78.2 cm³/mol. The van der Waals surface area contributed by atoms with Crippen LogP contribution in [0.25, 0.3) is 0 Å². The predicted octanol–water partition coefficient (Wildman–Crippen LogP) is 1.87. The second-order valence-electron chi connectivity index (χ2n) is 5.75. The van der Waals surface area contributed by atoms with Crippen molar-refractivity contribution in [3.05, 3.63) is 28.2 Å². The van der Waals surface area contributed by atoms with E-state index < -0.39 is 41.3 Å². The molecule has 118 valence electrons. The zero-order valence-electron chi connectivity index (χ0n) is 11.2. The lowest BCUT2D eigenvalue weighted by molar-refractivity contribution is -0.146. The van der Waals surface area contributed by atoms with Crippen LogP contribution in [0.15, 0.2) is 18.2 Å². The molecule has 2 aliphatic carbocycles. The smallest absolute Gasteiger partial charge is 0.324 e. The van der Waals surface area contributed by atoms with Crippen molar-refractivity contribution in [2.75, 3.05) is 0 Å². The number of nitrogens with two attached hydrogens (primary N) is 1. The average Bonchev–Trinajstić information content (AvgIpc) is 3.10. The topological polar surface area (TPSA) is 110 Å². The fourth-order valence-electron chi connectivity index (χ4n) is 3.47. The maximum absolute atomic E-state index is 11.4. The van der Waals surface area contributed by atoms with Gasteiger partial charge in [-0.25, -0.2) is 0 Å². The number of carboxylic acids is 2. The summed E-state index contributed by atoms with van der Waals surface area (Å²) in [5.74, 6) is -3.78. The number of carboxylic acid groups (broad SMARTS) is 2. The first-order valence-corrected chi connectivity index (χ1v) is 7.38. The van der Waals surface area contributed by atoms with Gasteiger partial charge in [-0.05, 0) is 18.2 Å². The van der Waals surface area contributed by atoms with Gasteiger partial charge in [0.2, 0.25) is 0 Å². The van der Waals surface area contributed by atoms with Crippen molar-refractivity contribution in [2.45, 2.75) is 18.1 Å². The Bertz CT molecular complexity index is 667. The molecule has 2 saturated carbocycles. The van der Waals surface area contributed by atoms with E-state index in [0.717, 1.165) is 0 Å². The first-order valence-electron chi connectivity index (χ1n) is 6.62. The Morgan fingerprint density at radius 1 is 1.32 bits per heavy atom. The van der Waals surface area contributed by atoms with Crippen LogP contribution in [-0.2, 0) is 9.59 Å². The van der Waals surface area contributed by atoms with E-state index in [-0.39, 0.29) is 11.4 Å². The molecule has 0 radical (unpaired) electrons. The van der Waals surface area contributed by atoms with Crippen LogP contribution in [0.4, 0.5) is 0 Å². The number of aliphatic carboxylic acids is 2. The lowest BCUT2D eigenvalue weighted by atomic mass is 9.91. The molecule has 5 atom stereocenters. The van der Waals surface area contributed by atoms with Gasteiger partial charge < -0.3 is 20.7 Å². The van der Waals surface area contributed by atoms with E-state index in [1.807, 2.05) is 0 Å². The summed E-state index contributed by atoms with van der Waals surface area (Å²) < 4.78 is 5.74. The normalized spacial score (nSPS) is 35.8. The molecule has 1 aromatic rings. The third-order valence-corrected chi connectivity index (χ3v) is 5.02. The largest absolute Gasteiger partial charge is 0.488 e. The Kier molecular flexibility index (Phi) is 3.51. The van der Waals surface area contributed by atoms with Crippen molar-refractivity contribution in [3.63, 3.8) is 0 Å². The van der Waals surface area contributed by atoms with Crippen molar-refractivity contribution >= 4 is 35.1 Å². The first-order chi connectivity index (χ1) is 10.3. The van der Waals surface area contributed by atoms with Gasteiger partial charge >= 0.3 is 11.9 Å². The van der Waals surface area contributed by atoms with Gasteiger partial charge in [-0.3, -0.25) is 9.59 Å². The lowest BCUT2D eigenvalue weighted by Gasteiger charge is -2.25. The second kappa shape index (κ2) is 5.01. The van der Waals surface area contributed by atoms with Gasteiger partial charge in [0, 0.05) is 23.3 Å². The van der Waals surface area contributed by atoms with Crippen LogP contribution in [-0.4, -0.2) is 33.8 Å². The highest BCUT2D eigenvalue weighted by molar-refractivity contribution is 6.35. The van der Waals surface area contributed by atoms with Crippen LogP contribution in [0.2, 0.25) is 10.0 Å². The summed E-state index contributed by atoms with van der Waals surface area (Å²) >= 11 is 11.8. The van der Waals surface area contributed by atoms with Crippen LogP contribution < -0.4 is 10.5 Å². The number of hydrogen-bond acceptors (Lipinski definition) is 4. The van der Waals surface area contributed by atoms with Gasteiger partial charge in [0.05, 0.1) is 10.9 Å². The number of halogens is 2. The van der Waals surface area contributed by atoms with Crippen molar-refractivity contribution < 1.29 is 24.5 Å². The van der Waals surface area contributed by atoms with Gasteiger partial charge in [-0.2, -0.15) is 0 Å². The molecule has 22 heavy (non-hydrogen) atoms. The highest BCUT2D eigenvalue weighted by Gasteiger charge is 2.75. The molecule has 0 spiro atoms. The minimum absolute atomic E-state index is 0.0421. The van der Waals surface area contributed by atoms with E-state index >= 15 is 0 Å². The molecule has 2 aliphatic rings. The Morgan fingerprint density at radius 3 is 2.55 bits per heavy atom. The Hall–Kier alpha value is -1.50. The van der Waals surface area contributed by atoms with Crippen LogP contribution in [0.5, 0.6) is 5.75 Å². The molecule has 0 amide bonds. The van der Waals surface area contributed by atoms with E-state index in [1.165, 1.54) is 6.07 Å². The fraction of sp³-hybridized carbons (Fsp3) is 0.429. The molecule has 0 saturated heterocycles. The molecule has 0 aliphatic heterocycles.